The first-order valence-electron chi connectivity index (χ1n) is 6.95. The lowest BCUT2D eigenvalue weighted by atomic mass is 9.94. The molecule has 22 heavy (non-hydrogen) atoms. The monoisotopic (exact) mass is 309 g/mol. The van der Waals surface area contributed by atoms with Gasteiger partial charge in [0.15, 0.2) is 0 Å². The number of rotatable bonds is 4. The molecule has 0 unspecified atom stereocenters. The normalized spacial score (nSPS) is 13.3. The Morgan fingerprint density at radius 3 is 2.55 bits per heavy atom. The Morgan fingerprint density at radius 2 is 2.00 bits per heavy atom. The first kappa shape index (κ1) is 15.9. The molecule has 1 aromatic rings. The molecule has 0 aromatic heterocycles. The Balaban J connectivity index is 2.47. The number of amides is 1. The van der Waals surface area contributed by atoms with Gasteiger partial charge in [-0.3, -0.25) is 0 Å². The highest BCUT2D eigenvalue weighted by Gasteiger charge is 2.29. The molecule has 0 atom stereocenters. The highest BCUT2D eigenvalue weighted by molar-refractivity contribution is 5.92. The van der Waals surface area contributed by atoms with Crippen molar-refractivity contribution in [1.29, 1.82) is 0 Å². The highest BCUT2D eigenvalue weighted by atomic mass is 16.6. The Morgan fingerprint density at radius 1 is 1.27 bits per heavy atom. The van der Waals surface area contributed by atoms with E-state index in [2.05, 4.69) is 0 Å². The van der Waals surface area contributed by atoms with Gasteiger partial charge in [0.1, 0.15) is 17.1 Å². The molecule has 0 saturated heterocycles. The van der Waals surface area contributed by atoms with Gasteiger partial charge >= 0.3 is 12.1 Å². The lowest BCUT2D eigenvalue weighted by molar-refractivity contribution is 0.0691. The summed E-state index contributed by atoms with van der Waals surface area (Å²) < 4.78 is 15.6. The number of carboxylic acids is 1. The third-order valence-corrected chi connectivity index (χ3v) is 3.62. The van der Waals surface area contributed by atoms with Crippen LogP contribution in [-0.4, -0.2) is 49.4 Å². The van der Waals surface area contributed by atoms with Gasteiger partial charge in [0, 0.05) is 17.7 Å². The number of benzene rings is 1. The Labute approximate surface area is 128 Å². The van der Waals surface area contributed by atoms with Crippen LogP contribution in [0.4, 0.5) is 4.79 Å². The van der Waals surface area contributed by atoms with Crippen molar-refractivity contribution in [3.8, 4) is 11.5 Å². The summed E-state index contributed by atoms with van der Waals surface area (Å²) in [6.07, 6.45) is 0.0888. The second-order valence-corrected chi connectivity index (χ2v) is 4.79. The maximum Gasteiger partial charge on any atom is 0.410 e. The van der Waals surface area contributed by atoms with Gasteiger partial charge in [0.2, 0.25) is 0 Å². The van der Waals surface area contributed by atoms with E-state index >= 15 is 0 Å². The summed E-state index contributed by atoms with van der Waals surface area (Å²) in [5.41, 5.74) is 1.58. The Hall–Kier alpha value is -2.44. The van der Waals surface area contributed by atoms with Crippen LogP contribution in [0.5, 0.6) is 11.5 Å². The summed E-state index contributed by atoms with van der Waals surface area (Å²) in [5.74, 6) is -0.320. The van der Waals surface area contributed by atoms with E-state index in [9.17, 15) is 14.7 Å². The van der Waals surface area contributed by atoms with Crippen molar-refractivity contribution in [3.63, 3.8) is 0 Å². The molecule has 7 nitrogen and oxygen atoms in total. The smallest absolute Gasteiger partial charge is 0.410 e. The maximum atomic E-state index is 11.9. The largest absolute Gasteiger partial charge is 0.496 e. The molecule has 0 spiro atoms. The van der Waals surface area contributed by atoms with E-state index in [0.717, 1.165) is 11.1 Å². The van der Waals surface area contributed by atoms with Crippen molar-refractivity contribution in [2.45, 2.75) is 19.9 Å². The Bertz CT molecular complexity index is 598. The van der Waals surface area contributed by atoms with Crippen LogP contribution in [0.1, 0.15) is 28.4 Å². The first-order valence-corrected chi connectivity index (χ1v) is 6.95. The molecule has 0 fully saturated rings. The summed E-state index contributed by atoms with van der Waals surface area (Å²) in [4.78, 5) is 24.8. The zero-order chi connectivity index (χ0) is 16.3. The zero-order valence-corrected chi connectivity index (χ0v) is 12.8. The van der Waals surface area contributed by atoms with Crippen LogP contribution in [0.15, 0.2) is 6.07 Å². The maximum absolute atomic E-state index is 11.9. The van der Waals surface area contributed by atoms with Crippen LogP contribution in [0.25, 0.3) is 0 Å². The fourth-order valence-corrected chi connectivity index (χ4v) is 2.63. The second kappa shape index (κ2) is 6.55. The molecule has 120 valence electrons. The minimum absolute atomic E-state index is 0.0580. The average molecular weight is 309 g/mol. The van der Waals surface area contributed by atoms with Crippen LogP contribution >= 0.6 is 0 Å². The van der Waals surface area contributed by atoms with Gasteiger partial charge in [-0.25, -0.2) is 9.59 Å². The van der Waals surface area contributed by atoms with E-state index in [4.69, 9.17) is 14.2 Å². The lowest BCUT2D eigenvalue weighted by Crippen LogP contribution is -2.37. The highest BCUT2D eigenvalue weighted by Crippen LogP contribution is 2.38. The van der Waals surface area contributed by atoms with Gasteiger partial charge in [-0.05, 0) is 19.4 Å². The van der Waals surface area contributed by atoms with Gasteiger partial charge in [0.05, 0.1) is 27.4 Å². The summed E-state index contributed by atoms with van der Waals surface area (Å²) in [5, 5.41) is 9.31. The van der Waals surface area contributed by atoms with Crippen LogP contribution in [0.3, 0.4) is 0 Å². The number of carbonyl (C=O) groups excluding carboxylic acids is 1. The second-order valence-electron chi connectivity index (χ2n) is 4.79. The van der Waals surface area contributed by atoms with E-state index in [1.807, 2.05) is 0 Å². The van der Waals surface area contributed by atoms with Gasteiger partial charge in [0.25, 0.3) is 0 Å². The number of ether oxygens (including phenoxy) is 3. The van der Waals surface area contributed by atoms with Gasteiger partial charge in [-0.2, -0.15) is 0 Å². The minimum Gasteiger partial charge on any atom is -0.496 e. The molecule has 7 heteroatoms. The SMILES string of the molecule is CCOC(=O)N1CCc2c(c(OC)cc(C(=O)O)c2OC)C1. The zero-order valence-electron chi connectivity index (χ0n) is 12.8. The molecule has 0 saturated carbocycles. The van der Waals surface area contributed by atoms with Gasteiger partial charge in [-0.1, -0.05) is 0 Å². The number of nitrogens with zero attached hydrogens (tertiary/aromatic N) is 1. The molecule has 1 N–H and O–H groups in total. The van der Waals surface area contributed by atoms with Crippen molar-refractivity contribution in [1.82, 2.24) is 4.90 Å². The predicted molar refractivity (Wildman–Crippen MR) is 77.6 cm³/mol. The molecule has 1 aliphatic heterocycles. The molecule has 1 aromatic carbocycles. The van der Waals surface area contributed by atoms with Crippen LogP contribution in [0.2, 0.25) is 0 Å². The summed E-state index contributed by atoms with van der Waals surface area (Å²) in [6, 6.07) is 1.43. The van der Waals surface area contributed by atoms with E-state index in [-0.39, 0.29) is 5.56 Å². The standard InChI is InChI=1S/C15H19NO6/c1-4-22-15(19)16-6-5-9-11(8-16)12(20-2)7-10(14(17)18)13(9)21-3/h7H,4-6,8H2,1-3H3,(H,17,18). The summed E-state index contributed by atoms with van der Waals surface area (Å²) >= 11 is 0. The molecule has 1 aliphatic rings. The van der Waals surface area contributed by atoms with Crippen LogP contribution in [-0.2, 0) is 17.7 Å². The van der Waals surface area contributed by atoms with E-state index in [1.165, 1.54) is 20.3 Å². The molecule has 0 aliphatic carbocycles. The molecule has 1 heterocycles. The van der Waals surface area contributed by atoms with E-state index in [0.29, 0.717) is 37.6 Å². The third kappa shape index (κ3) is 2.79. The minimum atomic E-state index is -1.08. The number of hydrogen-bond acceptors (Lipinski definition) is 5. The third-order valence-electron chi connectivity index (χ3n) is 3.62. The van der Waals surface area contributed by atoms with E-state index in [1.54, 1.807) is 11.8 Å². The average Bonchev–Trinajstić information content (AvgIpc) is 2.52. The van der Waals surface area contributed by atoms with Crippen molar-refractivity contribution < 1.29 is 28.9 Å². The molecule has 1 amide bonds. The van der Waals surface area contributed by atoms with Crippen LogP contribution < -0.4 is 9.47 Å². The first-order chi connectivity index (χ1) is 10.5. The van der Waals surface area contributed by atoms with Crippen molar-refractivity contribution in [2.24, 2.45) is 0 Å². The van der Waals surface area contributed by atoms with Gasteiger partial charge < -0.3 is 24.2 Å². The molecule has 2 rings (SSSR count). The topological polar surface area (TPSA) is 85.3 Å². The fraction of sp³-hybridized carbons (Fsp3) is 0.467. The number of fused-ring (bicyclic) bond motifs is 1. The number of aromatic carboxylic acids is 1. The van der Waals surface area contributed by atoms with Crippen molar-refractivity contribution >= 4 is 12.1 Å². The summed E-state index contributed by atoms with van der Waals surface area (Å²) in [6.45, 7) is 2.79. The quantitative estimate of drug-likeness (QED) is 0.914. The number of carbonyl (C=O) groups is 2. The van der Waals surface area contributed by atoms with E-state index < -0.39 is 12.1 Å². The molecular weight excluding hydrogens is 290 g/mol. The Kier molecular flexibility index (Phi) is 4.75. The van der Waals surface area contributed by atoms with Crippen molar-refractivity contribution in [2.75, 3.05) is 27.4 Å². The molecular formula is C15H19NO6. The fourth-order valence-electron chi connectivity index (χ4n) is 2.63. The van der Waals surface area contributed by atoms with Crippen molar-refractivity contribution in [3.05, 3.63) is 22.8 Å². The van der Waals surface area contributed by atoms with Crippen LogP contribution in [0, 0.1) is 0 Å². The number of hydrogen-bond donors (Lipinski definition) is 1. The predicted octanol–water partition coefficient (Wildman–Crippen LogP) is 1.92. The molecule has 0 bridgehead atoms. The number of methoxy groups -OCH3 is 2. The number of carboxylic acid groups (broad SMARTS) is 1. The summed E-state index contributed by atoms with van der Waals surface area (Å²) in [7, 11) is 2.91. The van der Waals surface area contributed by atoms with Gasteiger partial charge in [-0.15, -0.1) is 0 Å². The molecule has 0 radical (unpaired) electrons. The lowest BCUT2D eigenvalue weighted by Gasteiger charge is -2.30.